The molecule has 0 saturated carbocycles. The molecule has 1 aromatic rings. The molecule has 0 atom stereocenters. The molecule has 0 spiro atoms. The van der Waals surface area contributed by atoms with Crippen LogP contribution in [-0.2, 0) is 6.42 Å². The van der Waals surface area contributed by atoms with E-state index in [0.717, 1.165) is 10.6 Å². The molecule has 2 amide bonds. The van der Waals surface area contributed by atoms with Crippen molar-refractivity contribution in [2.45, 2.75) is 6.42 Å². The Morgan fingerprint density at radius 1 is 1.61 bits per heavy atom. The van der Waals surface area contributed by atoms with Crippen LogP contribution in [0.4, 0.5) is 4.79 Å². The maximum absolute atomic E-state index is 11.7. The van der Waals surface area contributed by atoms with Crippen molar-refractivity contribution in [2.75, 3.05) is 13.1 Å². The fourth-order valence-corrected chi connectivity index (χ4v) is 1.36. The van der Waals surface area contributed by atoms with Crippen LogP contribution >= 0.6 is 0 Å². The van der Waals surface area contributed by atoms with Gasteiger partial charge in [0, 0.05) is 31.4 Å². The molecule has 6 nitrogen and oxygen atoms in total. The molecule has 1 heterocycles. The summed E-state index contributed by atoms with van der Waals surface area (Å²) in [5, 5.41) is 9.96. The number of aromatic nitrogens is 1. The lowest BCUT2D eigenvalue weighted by molar-refractivity contribution is 0.221. The van der Waals surface area contributed by atoms with Crippen molar-refractivity contribution in [3.8, 4) is 0 Å². The summed E-state index contributed by atoms with van der Waals surface area (Å²) in [6.07, 6.45) is 3.79. The Morgan fingerprint density at radius 2 is 2.39 bits per heavy atom. The Bertz CT molecular complexity index is 418. The molecule has 18 heavy (non-hydrogen) atoms. The summed E-state index contributed by atoms with van der Waals surface area (Å²) < 4.78 is 0. The maximum Gasteiger partial charge on any atom is 0.324 e. The minimum Gasteiger partial charge on any atom is -0.370 e. The smallest absolute Gasteiger partial charge is 0.324 e. The second-order valence-electron chi connectivity index (χ2n) is 3.58. The van der Waals surface area contributed by atoms with Crippen molar-refractivity contribution >= 4 is 12.0 Å². The molecule has 4 N–H and O–H groups in total. The molecule has 0 aliphatic carbocycles. The summed E-state index contributed by atoms with van der Waals surface area (Å²) >= 11 is 0. The van der Waals surface area contributed by atoms with Crippen LogP contribution in [0.1, 0.15) is 5.69 Å². The highest BCUT2D eigenvalue weighted by Crippen LogP contribution is 1.98. The van der Waals surface area contributed by atoms with Crippen LogP contribution in [0, 0.1) is 5.41 Å². The number of hydrogen-bond donors (Lipinski definition) is 3. The Morgan fingerprint density at radius 3 is 2.94 bits per heavy atom. The van der Waals surface area contributed by atoms with Gasteiger partial charge in [-0.2, -0.15) is 0 Å². The molecular weight excluding hydrogens is 230 g/mol. The first kappa shape index (κ1) is 13.7. The van der Waals surface area contributed by atoms with E-state index in [1.807, 2.05) is 18.2 Å². The van der Waals surface area contributed by atoms with Crippen LogP contribution in [0.5, 0.6) is 0 Å². The first-order valence-corrected chi connectivity index (χ1v) is 5.55. The highest BCUT2D eigenvalue weighted by Gasteiger charge is 2.15. The predicted molar refractivity (Wildman–Crippen MR) is 70.2 cm³/mol. The van der Waals surface area contributed by atoms with Gasteiger partial charge in [0.05, 0.1) is 0 Å². The van der Waals surface area contributed by atoms with Crippen LogP contribution < -0.4 is 11.1 Å². The summed E-state index contributed by atoms with van der Waals surface area (Å²) in [5.41, 5.74) is 6.22. The van der Waals surface area contributed by atoms with Crippen molar-refractivity contribution < 1.29 is 4.79 Å². The standard InChI is InChI=1S/C12H17N5O/c1-2-7-16-12(18)17(11(13)14)9-6-10-5-3-4-8-15-10/h2-5,8H,1,6-7,9H2,(H3,13,14)(H,16,18). The van der Waals surface area contributed by atoms with Gasteiger partial charge in [-0.15, -0.1) is 6.58 Å². The van der Waals surface area contributed by atoms with E-state index in [-0.39, 0.29) is 5.96 Å². The fraction of sp³-hybridized carbons (Fsp3) is 0.250. The van der Waals surface area contributed by atoms with Gasteiger partial charge in [0.2, 0.25) is 0 Å². The molecule has 0 fully saturated rings. The zero-order valence-electron chi connectivity index (χ0n) is 10.1. The minimum absolute atomic E-state index is 0.285. The van der Waals surface area contributed by atoms with E-state index in [9.17, 15) is 4.79 Å². The lowest BCUT2D eigenvalue weighted by Crippen LogP contribution is -2.47. The second kappa shape index (κ2) is 7.05. The molecule has 1 rings (SSSR count). The zero-order valence-corrected chi connectivity index (χ0v) is 10.1. The third-order valence-corrected chi connectivity index (χ3v) is 2.25. The predicted octanol–water partition coefficient (Wildman–Crippen LogP) is 0.715. The minimum atomic E-state index is -0.404. The average Bonchev–Trinajstić information content (AvgIpc) is 2.37. The molecule has 0 bridgehead atoms. The van der Waals surface area contributed by atoms with E-state index in [2.05, 4.69) is 16.9 Å². The first-order valence-electron chi connectivity index (χ1n) is 5.55. The highest BCUT2D eigenvalue weighted by molar-refractivity contribution is 5.93. The van der Waals surface area contributed by atoms with Crippen LogP contribution in [-0.4, -0.2) is 35.0 Å². The number of hydrogen-bond acceptors (Lipinski definition) is 3. The van der Waals surface area contributed by atoms with Crippen LogP contribution in [0.2, 0.25) is 0 Å². The van der Waals surface area contributed by atoms with Gasteiger partial charge in [-0.05, 0) is 12.1 Å². The van der Waals surface area contributed by atoms with Gasteiger partial charge in [-0.25, -0.2) is 4.79 Å². The normalized spacial score (nSPS) is 9.56. The number of urea groups is 1. The molecule has 0 aromatic carbocycles. The zero-order chi connectivity index (χ0) is 13.4. The van der Waals surface area contributed by atoms with E-state index < -0.39 is 6.03 Å². The van der Waals surface area contributed by atoms with Crippen molar-refractivity contribution in [3.05, 3.63) is 42.7 Å². The Balaban J connectivity index is 2.55. The van der Waals surface area contributed by atoms with Crippen molar-refractivity contribution in [3.63, 3.8) is 0 Å². The molecule has 0 aliphatic heterocycles. The quantitative estimate of drug-likeness (QED) is 0.406. The maximum atomic E-state index is 11.7. The van der Waals surface area contributed by atoms with Gasteiger partial charge in [0.1, 0.15) is 0 Å². The van der Waals surface area contributed by atoms with Gasteiger partial charge < -0.3 is 11.1 Å². The molecular formula is C12H17N5O. The number of amides is 2. The van der Waals surface area contributed by atoms with Gasteiger partial charge in [0.25, 0.3) is 0 Å². The Labute approximate surface area is 106 Å². The summed E-state index contributed by atoms with van der Waals surface area (Å²) in [7, 11) is 0. The molecule has 6 heteroatoms. The van der Waals surface area contributed by atoms with E-state index in [1.54, 1.807) is 12.3 Å². The number of carbonyl (C=O) groups excluding carboxylic acids is 1. The molecule has 96 valence electrons. The summed E-state index contributed by atoms with van der Waals surface area (Å²) in [4.78, 5) is 17.0. The van der Waals surface area contributed by atoms with Crippen molar-refractivity contribution in [1.29, 1.82) is 5.41 Å². The van der Waals surface area contributed by atoms with Crippen molar-refractivity contribution in [2.24, 2.45) is 5.73 Å². The number of pyridine rings is 1. The van der Waals surface area contributed by atoms with E-state index in [1.165, 1.54) is 0 Å². The van der Waals surface area contributed by atoms with Gasteiger partial charge >= 0.3 is 6.03 Å². The Hall–Kier alpha value is -2.37. The average molecular weight is 247 g/mol. The highest BCUT2D eigenvalue weighted by atomic mass is 16.2. The SMILES string of the molecule is C=CCNC(=O)N(CCc1ccccn1)C(=N)N. The third kappa shape index (κ3) is 4.25. The van der Waals surface area contributed by atoms with Crippen LogP contribution in [0.3, 0.4) is 0 Å². The molecule has 0 saturated heterocycles. The van der Waals surface area contributed by atoms with E-state index in [0.29, 0.717) is 19.5 Å². The summed E-state index contributed by atoms with van der Waals surface area (Å²) in [5.74, 6) is -0.285. The second-order valence-corrected chi connectivity index (χ2v) is 3.58. The largest absolute Gasteiger partial charge is 0.370 e. The summed E-state index contributed by atoms with van der Waals surface area (Å²) in [6, 6.07) is 5.15. The monoisotopic (exact) mass is 247 g/mol. The van der Waals surface area contributed by atoms with E-state index in [4.69, 9.17) is 11.1 Å². The number of rotatable bonds is 5. The number of nitrogens with two attached hydrogens (primary N) is 1. The molecule has 0 aliphatic rings. The van der Waals surface area contributed by atoms with E-state index >= 15 is 0 Å². The molecule has 0 radical (unpaired) electrons. The lowest BCUT2D eigenvalue weighted by atomic mass is 10.2. The third-order valence-electron chi connectivity index (χ3n) is 2.25. The van der Waals surface area contributed by atoms with Crippen LogP contribution in [0.15, 0.2) is 37.1 Å². The first-order chi connectivity index (χ1) is 8.65. The number of nitrogens with one attached hydrogen (secondary N) is 2. The number of nitrogens with zero attached hydrogens (tertiary/aromatic N) is 2. The molecule has 1 aromatic heterocycles. The molecule has 0 unspecified atom stereocenters. The number of guanidine groups is 1. The lowest BCUT2D eigenvalue weighted by Gasteiger charge is -2.20. The summed E-state index contributed by atoms with van der Waals surface area (Å²) in [6.45, 7) is 4.16. The van der Waals surface area contributed by atoms with Gasteiger partial charge in [-0.1, -0.05) is 12.1 Å². The van der Waals surface area contributed by atoms with Crippen molar-refractivity contribution in [1.82, 2.24) is 15.2 Å². The van der Waals surface area contributed by atoms with Gasteiger partial charge in [-0.3, -0.25) is 15.3 Å². The van der Waals surface area contributed by atoms with Crippen LogP contribution in [0.25, 0.3) is 0 Å². The fourth-order valence-electron chi connectivity index (χ4n) is 1.36. The van der Waals surface area contributed by atoms with Gasteiger partial charge in [0.15, 0.2) is 5.96 Å². The topological polar surface area (TPSA) is 95.1 Å². The number of carbonyl (C=O) groups is 1. The Kier molecular flexibility index (Phi) is 5.37.